The van der Waals surface area contributed by atoms with Gasteiger partial charge in [-0.05, 0) is 42.7 Å². The number of carbonyl (C=O) groups excluding carboxylic acids is 1. The number of amides is 2. The molecular weight excluding hydrogens is 323 g/mol. The fourth-order valence-corrected chi connectivity index (χ4v) is 2.66. The van der Waals surface area contributed by atoms with E-state index in [4.69, 9.17) is 4.74 Å². The van der Waals surface area contributed by atoms with Gasteiger partial charge in [0, 0.05) is 17.8 Å². The van der Waals surface area contributed by atoms with Gasteiger partial charge in [-0.15, -0.1) is 0 Å². The Hall–Kier alpha value is -2.60. The van der Waals surface area contributed by atoms with E-state index < -0.39 is 6.10 Å². The minimum atomic E-state index is -0.864. The van der Waals surface area contributed by atoms with Gasteiger partial charge in [-0.2, -0.15) is 0 Å². The highest BCUT2D eigenvalue weighted by Gasteiger charge is 2.34. The number of benzene rings is 2. The van der Waals surface area contributed by atoms with E-state index in [0.717, 1.165) is 12.8 Å². The van der Waals surface area contributed by atoms with E-state index >= 15 is 0 Å². The Bertz CT molecular complexity index is 732. The van der Waals surface area contributed by atoms with Crippen molar-refractivity contribution in [2.45, 2.75) is 25.0 Å². The zero-order valence-corrected chi connectivity index (χ0v) is 14.0. The molecule has 2 amide bonds. The Kier molecular flexibility index (Phi) is 5.19. The van der Waals surface area contributed by atoms with Crippen LogP contribution >= 0.6 is 0 Å². The van der Waals surface area contributed by atoms with E-state index in [9.17, 15) is 14.3 Å². The van der Waals surface area contributed by atoms with Gasteiger partial charge in [0.05, 0.1) is 19.8 Å². The lowest BCUT2D eigenvalue weighted by Crippen LogP contribution is -2.39. The van der Waals surface area contributed by atoms with Crippen molar-refractivity contribution >= 4 is 11.7 Å². The first-order valence-electron chi connectivity index (χ1n) is 8.22. The molecule has 1 unspecified atom stereocenters. The van der Waals surface area contributed by atoms with E-state index in [1.165, 1.54) is 24.3 Å². The third-order valence-electron chi connectivity index (χ3n) is 4.19. The summed E-state index contributed by atoms with van der Waals surface area (Å²) in [6.07, 6.45) is 0.973. The Balaban J connectivity index is 1.67. The summed E-state index contributed by atoms with van der Waals surface area (Å²) in [5, 5.41) is 13.2. The topological polar surface area (TPSA) is 61.8 Å². The molecule has 1 aliphatic carbocycles. The predicted molar refractivity (Wildman–Crippen MR) is 93.1 cm³/mol. The molecule has 0 spiro atoms. The summed E-state index contributed by atoms with van der Waals surface area (Å²) in [5.41, 5.74) is 1.22. The highest BCUT2D eigenvalue weighted by Crippen LogP contribution is 2.30. The number of nitrogens with one attached hydrogen (secondary N) is 1. The number of hydrogen-bond donors (Lipinski definition) is 2. The molecule has 0 radical (unpaired) electrons. The van der Waals surface area contributed by atoms with E-state index in [0.29, 0.717) is 17.0 Å². The minimum Gasteiger partial charge on any atom is -0.497 e. The number of ether oxygens (including phenoxy) is 1. The van der Waals surface area contributed by atoms with Gasteiger partial charge in [0.1, 0.15) is 11.6 Å². The Morgan fingerprint density at radius 2 is 2.04 bits per heavy atom. The van der Waals surface area contributed by atoms with Crippen LogP contribution in [0.3, 0.4) is 0 Å². The third-order valence-corrected chi connectivity index (χ3v) is 4.19. The number of aliphatic hydroxyl groups excluding tert-OH is 1. The molecule has 1 saturated carbocycles. The standard InChI is InChI=1S/C19H21FN2O3/c1-25-17-4-2-3-15(11-17)21-19(24)22(16-9-10-16)12-18(23)13-5-7-14(20)8-6-13/h2-8,11,16,18,23H,9-10,12H2,1H3,(H,21,24). The maximum absolute atomic E-state index is 13.0. The molecule has 0 bridgehead atoms. The molecule has 0 saturated heterocycles. The van der Waals surface area contributed by atoms with Crippen LogP contribution in [-0.4, -0.2) is 35.7 Å². The fourth-order valence-electron chi connectivity index (χ4n) is 2.66. The second kappa shape index (κ2) is 7.53. The molecular formula is C19H21FN2O3. The number of hydrogen-bond acceptors (Lipinski definition) is 3. The molecule has 132 valence electrons. The maximum atomic E-state index is 13.0. The molecule has 0 heterocycles. The van der Waals surface area contributed by atoms with Crippen molar-refractivity contribution in [3.63, 3.8) is 0 Å². The number of methoxy groups -OCH3 is 1. The molecule has 1 fully saturated rings. The lowest BCUT2D eigenvalue weighted by Gasteiger charge is -2.26. The van der Waals surface area contributed by atoms with Gasteiger partial charge in [-0.3, -0.25) is 0 Å². The second-order valence-corrected chi connectivity index (χ2v) is 6.11. The third kappa shape index (κ3) is 4.48. The lowest BCUT2D eigenvalue weighted by molar-refractivity contribution is 0.123. The van der Waals surface area contributed by atoms with Gasteiger partial charge in [0.25, 0.3) is 0 Å². The smallest absolute Gasteiger partial charge is 0.322 e. The Morgan fingerprint density at radius 1 is 1.32 bits per heavy atom. The molecule has 0 aromatic heterocycles. The van der Waals surface area contributed by atoms with Crippen molar-refractivity contribution in [1.29, 1.82) is 0 Å². The number of aliphatic hydroxyl groups is 1. The number of anilines is 1. The molecule has 2 aromatic rings. The molecule has 2 aromatic carbocycles. The molecule has 1 atom stereocenters. The van der Waals surface area contributed by atoms with E-state index in [2.05, 4.69) is 5.32 Å². The number of nitrogens with zero attached hydrogens (tertiary/aromatic N) is 1. The van der Waals surface area contributed by atoms with Crippen molar-refractivity contribution < 1.29 is 19.0 Å². The molecule has 25 heavy (non-hydrogen) atoms. The highest BCUT2D eigenvalue weighted by molar-refractivity contribution is 5.90. The molecule has 6 heteroatoms. The van der Waals surface area contributed by atoms with Crippen LogP contribution in [0.25, 0.3) is 0 Å². The molecule has 5 nitrogen and oxygen atoms in total. The number of halogens is 1. The van der Waals surface area contributed by atoms with Crippen LogP contribution in [0.5, 0.6) is 5.75 Å². The molecule has 1 aliphatic rings. The van der Waals surface area contributed by atoms with Crippen LogP contribution < -0.4 is 10.1 Å². The van der Waals surface area contributed by atoms with Gasteiger partial charge in [-0.25, -0.2) is 9.18 Å². The first-order valence-corrected chi connectivity index (χ1v) is 8.22. The van der Waals surface area contributed by atoms with E-state index in [1.54, 1.807) is 36.3 Å². The van der Waals surface area contributed by atoms with Crippen LogP contribution in [0.4, 0.5) is 14.9 Å². The second-order valence-electron chi connectivity index (χ2n) is 6.11. The van der Waals surface area contributed by atoms with E-state index in [-0.39, 0.29) is 24.4 Å². The summed E-state index contributed by atoms with van der Waals surface area (Å²) in [5.74, 6) is 0.299. The van der Waals surface area contributed by atoms with Crippen LogP contribution in [0.1, 0.15) is 24.5 Å². The zero-order valence-electron chi connectivity index (χ0n) is 14.0. The van der Waals surface area contributed by atoms with E-state index in [1.807, 2.05) is 0 Å². The summed E-state index contributed by atoms with van der Waals surface area (Å²) < 4.78 is 18.2. The number of carbonyl (C=O) groups is 1. The quantitative estimate of drug-likeness (QED) is 0.842. The molecule has 2 N–H and O–H groups in total. The average Bonchev–Trinajstić information content (AvgIpc) is 3.45. The normalized spacial score (nSPS) is 14.7. The Labute approximate surface area is 146 Å². The van der Waals surface area contributed by atoms with Crippen LogP contribution in [0, 0.1) is 5.82 Å². The van der Waals surface area contributed by atoms with Crippen LogP contribution in [0.2, 0.25) is 0 Å². The monoisotopic (exact) mass is 344 g/mol. The molecule has 3 rings (SSSR count). The van der Waals surface area contributed by atoms with Crippen molar-refractivity contribution in [3.05, 3.63) is 59.9 Å². The number of urea groups is 1. The van der Waals surface area contributed by atoms with Crippen molar-refractivity contribution in [3.8, 4) is 5.75 Å². The Morgan fingerprint density at radius 3 is 2.68 bits per heavy atom. The zero-order chi connectivity index (χ0) is 17.8. The average molecular weight is 344 g/mol. The summed E-state index contributed by atoms with van der Waals surface area (Å²) in [4.78, 5) is 14.2. The SMILES string of the molecule is COc1cccc(NC(=O)N(CC(O)c2ccc(F)cc2)C2CC2)c1. The highest BCUT2D eigenvalue weighted by atomic mass is 19.1. The first-order chi connectivity index (χ1) is 12.1. The summed E-state index contributed by atoms with van der Waals surface area (Å²) in [7, 11) is 1.57. The predicted octanol–water partition coefficient (Wildman–Crippen LogP) is 3.56. The van der Waals surface area contributed by atoms with Gasteiger partial charge in [0.15, 0.2) is 0 Å². The summed E-state index contributed by atoms with van der Waals surface area (Å²) in [6, 6.07) is 12.6. The van der Waals surface area contributed by atoms with Gasteiger partial charge >= 0.3 is 6.03 Å². The van der Waals surface area contributed by atoms with Gasteiger partial charge in [0.2, 0.25) is 0 Å². The van der Waals surface area contributed by atoms with Crippen LogP contribution in [-0.2, 0) is 0 Å². The van der Waals surface area contributed by atoms with Crippen LogP contribution in [0.15, 0.2) is 48.5 Å². The largest absolute Gasteiger partial charge is 0.497 e. The van der Waals surface area contributed by atoms with Gasteiger partial charge in [-0.1, -0.05) is 18.2 Å². The summed E-state index contributed by atoms with van der Waals surface area (Å²) in [6.45, 7) is 0.159. The first kappa shape index (κ1) is 17.2. The van der Waals surface area contributed by atoms with Crippen molar-refractivity contribution in [2.24, 2.45) is 0 Å². The minimum absolute atomic E-state index is 0.126. The van der Waals surface area contributed by atoms with Crippen molar-refractivity contribution in [1.82, 2.24) is 4.90 Å². The molecule has 0 aliphatic heterocycles. The number of rotatable bonds is 6. The lowest BCUT2D eigenvalue weighted by atomic mass is 10.1. The fraction of sp³-hybridized carbons (Fsp3) is 0.316. The van der Waals surface area contributed by atoms with Crippen molar-refractivity contribution in [2.75, 3.05) is 19.0 Å². The van der Waals surface area contributed by atoms with Gasteiger partial charge < -0.3 is 20.1 Å². The maximum Gasteiger partial charge on any atom is 0.322 e. The summed E-state index contributed by atoms with van der Waals surface area (Å²) >= 11 is 0.